The highest BCUT2D eigenvalue weighted by Crippen LogP contribution is 2.25. The Hall–Kier alpha value is -0.105. The van der Waals surface area contributed by atoms with Gasteiger partial charge in [-0.25, -0.2) is 4.57 Å². The summed E-state index contributed by atoms with van der Waals surface area (Å²) in [6, 6.07) is 0. The lowest BCUT2D eigenvalue weighted by molar-refractivity contribution is 0.275. The normalized spacial score (nSPS) is 11.9. The second kappa shape index (κ2) is 3.92. The molecular formula is H3BF4O4P-. The molecule has 0 rings (SSSR count). The molecule has 0 aliphatic heterocycles. The van der Waals surface area contributed by atoms with Gasteiger partial charge in [-0.05, 0) is 0 Å². The van der Waals surface area contributed by atoms with E-state index in [0.29, 0.717) is 0 Å². The zero-order valence-corrected chi connectivity index (χ0v) is 5.18. The lowest BCUT2D eigenvalue weighted by atomic mass is 10.3. The molecule has 0 aliphatic carbocycles. The van der Waals surface area contributed by atoms with Gasteiger partial charge in [-0.3, -0.25) is 0 Å². The van der Waals surface area contributed by atoms with E-state index in [1.54, 1.807) is 0 Å². The van der Waals surface area contributed by atoms with Crippen LogP contribution in [-0.2, 0) is 4.57 Å². The van der Waals surface area contributed by atoms with Crippen molar-refractivity contribution in [2.24, 2.45) is 0 Å². The standard InChI is InChI=1S/BF4.H3O4P/c2-1(3,4)5;1-5(2,3)4/h;(H3,1,2,3,4)/q-1;. The third kappa shape index (κ3) is 34000. The van der Waals surface area contributed by atoms with Crippen LogP contribution in [-0.4, -0.2) is 21.9 Å². The fraction of sp³-hybridized carbons (Fsp3) is 0. The number of phosphoric acid groups is 1. The third-order valence-electron chi connectivity index (χ3n) is 0. The van der Waals surface area contributed by atoms with E-state index < -0.39 is 15.1 Å². The van der Waals surface area contributed by atoms with Crippen LogP contribution >= 0.6 is 7.82 Å². The van der Waals surface area contributed by atoms with Crippen LogP contribution in [0.15, 0.2) is 0 Å². The molecule has 0 heterocycles. The van der Waals surface area contributed by atoms with Crippen molar-refractivity contribution in [3.05, 3.63) is 0 Å². The van der Waals surface area contributed by atoms with Crippen molar-refractivity contribution < 1.29 is 36.5 Å². The first-order valence-corrected chi connectivity index (χ1v) is 3.22. The largest absolute Gasteiger partial charge is 0.673 e. The first-order valence-electron chi connectivity index (χ1n) is 1.66. The van der Waals surface area contributed by atoms with Gasteiger partial charge in [-0.1, -0.05) is 0 Å². The predicted molar refractivity (Wildman–Crippen MR) is 24.4 cm³/mol. The fourth-order valence-corrected chi connectivity index (χ4v) is 0. The van der Waals surface area contributed by atoms with Gasteiger partial charge in [0.25, 0.3) is 0 Å². The Labute approximate surface area is 52.8 Å². The van der Waals surface area contributed by atoms with Crippen LogP contribution in [0.25, 0.3) is 0 Å². The first-order chi connectivity index (χ1) is 4.00. The molecule has 0 spiro atoms. The summed E-state index contributed by atoms with van der Waals surface area (Å²) in [5.74, 6) is 0. The van der Waals surface area contributed by atoms with Crippen LogP contribution in [0.1, 0.15) is 0 Å². The molecule has 3 N–H and O–H groups in total. The summed E-state index contributed by atoms with van der Waals surface area (Å²) in [5.41, 5.74) is 0. The molecule has 0 aliphatic rings. The van der Waals surface area contributed by atoms with E-state index in [1.165, 1.54) is 0 Å². The maximum atomic E-state index is 9.75. The van der Waals surface area contributed by atoms with Gasteiger partial charge < -0.3 is 31.9 Å². The Bertz CT molecular complexity index is 109. The van der Waals surface area contributed by atoms with E-state index in [4.69, 9.17) is 19.2 Å². The summed E-state index contributed by atoms with van der Waals surface area (Å²) in [5, 5.41) is 0. The highest BCUT2D eigenvalue weighted by atomic mass is 31.2. The zero-order chi connectivity index (χ0) is 9.00. The van der Waals surface area contributed by atoms with Gasteiger partial charge in [0, 0.05) is 0 Å². The summed E-state index contributed by atoms with van der Waals surface area (Å²) in [6.07, 6.45) is 0. The molecule has 0 atom stereocenters. The molecular weight excluding hydrogens is 182 g/mol. The van der Waals surface area contributed by atoms with Crippen molar-refractivity contribution in [2.45, 2.75) is 0 Å². The molecule has 4 nitrogen and oxygen atoms in total. The maximum Gasteiger partial charge on any atom is 0.673 e. The van der Waals surface area contributed by atoms with Gasteiger partial charge >= 0.3 is 15.1 Å². The summed E-state index contributed by atoms with van der Waals surface area (Å²) < 4.78 is 47.9. The lowest BCUT2D eigenvalue weighted by Crippen LogP contribution is -2.02. The molecule has 64 valence electrons. The van der Waals surface area contributed by atoms with Crippen LogP contribution in [0, 0.1) is 0 Å². The van der Waals surface area contributed by atoms with E-state index in [2.05, 4.69) is 0 Å². The molecule has 0 fully saturated rings. The van der Waals surface area contributed by atoms with Gasteiger partial charge in [-0.2, -0.15) is 0 Å². The Morgan fingerprint density at radius 2 is 1.00 bits per heavy atom. The summed E-state index contributed by atoms with van der Waals surface area (Å²) >= 11 is 0. The molecule has 0 unspecified atom stereocenters. The minimum atomic E-state index is -6.00. The number of rotatable bonds is 0. The molecule has 0 saturated heterocycles. The van der Waals surface area contributed by atoms with Crippen molar-refractivity contribution in [1.29, 1.82) is 0 Å². The number of halogens is 4. The van der Waals surface area contributed by atoms with E-state index >= 15 is 0 Å². The van der Waals surface area contributed by atoms with Crippen LogP contribution in [0.3, 0.4) is 0 Å². The molecule has 10 heavy (non-hydrogen) atoms. The molecule has 10 heteroatoms. The number of hydrogen-bond acceptors (Lipinski definition) is 1. The van der Waals surface area contributed by atoms with Gasteiger partial charge in [0.05, 0.1) is 0 Å². The first kappa shape index (κ1) is 12.6. The molecule has 0 amide bonds. The highest BCUT2D eigenvalue weighted by Gasteiger charge is 2.20. The summed E-state index contributed by atoms with van der Waals surface area (Å²) in [4.78, 5) is 21.6. The molecule has 0 aromatic heterocycles. The monoisotopic (exact) mass is 185 g/mol. The minimum absolute atomic E-state index is 4.64. The highest BCUT2D eigenvalue weighted by molar-refractivity contribution is 7.45. The van der Waals surface area contributed by atoms with Crippen molar-refractivity contribution >= 4 is 15.1 Å². The maximum absolute atomic E-state index is 9.75. The quantitative estimate of drug-likeness (QED) is 0.289. The van der Waals surface area contributed by atoms with Crippen LogP contribution in [0.4, 0.5) is 17.3 Å². The SMILES string of the molecule is F[B-](F)(F)F.O=P(O)(O)O. The smallest absolute Gasteiger partial charge is 0.418 e. The van der Waals surface area contributed by atoms with E-state index in [1.807, 2.05) is 0 Å². The Morgan fingerprint density at radius 3 is 1.00 bits per heavy atom. The third-order valence-corrected chi connectivity index (χ3v) is 0. The van der Waals surface area contributed by atoms with Crippen LogP contribution < -0.4 is 0 Å². The van der Waals surface area contributed by atoms with Crippen molar-refractivity contribution in [3.8, 4) is 0 Å². The molecule has 0 aromatic carbocycles. The Kier molecular flexibility index (Phi) is 4.92. The van der Waals surface area contributed by atoms with E-state index in [9.17, 15) is 17.3 Å². The van der Waals surface area contributed by atoms with Crippen molar-refractivity contribution in [1.82, 2.24) is 0 Å². The van der Waals surface area contributed by atoms with Gasteiger partial charge in [-0.15, -0.1) is 0 Å². The average Bonchev–Trinajstić information content (AvgIpc) is 1.12. The zero-order valence-electron chi connectivity index (χ0n) is 4.29. The molecule has 0 aromatic rings. The summed E-state index contributed by atoms with van der Waals surface area (Å²) in [7, 11) is -10.6. The van der Waals surface area contributed by atoms with Crippen molar-refractivity contribution in [3.63, 3.8) is 0 Å². The molecule has 0 radical (unpaired) electrons. The number of hydrogen-bond donors (Lipinski definition) is 3. The van der Waals surface area contributed by atoms with Gasteiger partial charge in [0.2, 0.25) is 0 Å². The average molecular weight is 185 g/mol. The second-order valence-electron chi connectivity index (χ2n) is 1.01. The second-order valence-corrected chi connectivity index (χ2v) is 2.03. The van der Waals surface area contributed by atoms with Crippen LogP contribution in [0.2, 0.25) is 0 Å². The Morgan fingerprint density at radius 1 is 1.00 bits per heavy atom. The fourth-order valence-electron chi connectivity index (χ4n) is 0. The van der Waals surface area contributed by atoms with Crippen molar-refractivity contribution in [2.75, 3.05) is 0 Å². The molecule has 0 bridgehead atoms. The minimum Gasteiger partial charge on any atom is -0.418 e. The van der Waals surface area contributed by atoms with Gasteiger partial charge in [0.15, 0.2) is 0 Å². The van der Waals surface area contributed by atoms with Gasteiger partial charge in [0.1, 0.15) is 0 Å². The lowest BCUT2D eigenvalue weighted by Gasteiger charge is -1.94. The Balaban J connectivity index is 0. The summed E-state index contributed by atoms with van der Waals surface area (Å²) in [6.45, 7) is 0. The topological polar surface area (TPSA) is 77.8 Å². The van der Waals surface area contributed by atoms with Crippen LogP contribution in [0.5, 0.6) is 0 Å². The van der Waals surface area contributed by atoms with E-state index in [-0.39, 0.29) is 0 Å². The molecule has 0 saturated carbocycles. The van der Waals surface area contributed by atoms with E-state index in [0.717, 1.165) is 0 Å². The predicted octanol–water partition coefficient (Wildman–Crippen LogP) is 0.371.